The SMILES string of the molecule is COCc1cc(N)nc(-c2ccc(Cl)cn2)n1. The molecule has 0 aromatic carbocycles. The standard InChI is InChI=1S/C11H11ClN4O/c1-17-6-8-4-10(13)16-11(15-8)9-3-2-7(12)5-14-9/h2-5H,6H2,1H3,(H2,13,15,16). The van der Waals surface area contributed by atoms with Crippen LogP contribution < -0.4 is 5.73 Å². The first-order valence-corrected chi connectivity index (χ1v) is 5.31. The zero-order valence-electron chi connectivity index (χ0n) is 9.22. The Balaban J connectivity index is 2.40. The number of nitrogens with two attached hydrogens (primary N) is 1. The lowest BCUT2D eigenvalue weighted by molar-refractivity contribution is 0.181. The number of hydrogen-bond acceptors (Lipinski definition) is 5. The summed E-state index contributed by atoms with van der Waals surface area (Å²) in [5.74, 6) is 0.854. The molecule has 0 spiro atoms. The maximum Gasteiger partial charge on any atom is 0.180 e. The molecular formula is C11H11ClN4O. The Morgan fingerprint density at radius 3 is 2.82 bits per heavy atom. The van der Waals surface area contributed by atoms with Crippen LogP contribution in [0.25, 0.3) is 11.5 Å². The van der Waals surface area contributed by atoms with Gasteiger partial charge in [-0.1, -0.05) is 11.6 Å². The molecule has 0 unspecified atom stereocenters. The molecule has 0 fully saturated rings. The third-order valence-corrected chi connectivity index (χ3v) is 2.27. The van der Waals surface area contributed by atoms with Crippen molar-refractivity contribution in [3.63, 3.8) is 0 Å². The molecule has 17 heavy (non-hydrogen) atoms. The highest BCUT2D eigenvalue weighted by Gasteiger charge is 2.06. The van der Waals surface area contributed by atoms with Crippen molar-refractivity contribution < 1.29 is 4.74 Å². The third kappa shape index (κ3) is 2.89. The smallest absolute Gasteiger partial charge is 0.180 e. The maximum absolute atomic E-state index is 5.76. The molecule has 0 saturated heterocycles. The van der Waals surface area contributed by atoms with Gasteiger partial charge in [-0.25, -0.2) is 9.97 Å². The second kappa shape index (κ2) is 5.07. The molecular weight excluding hydrogens is 240 g/mol. The number of aromatic nitrogens is 3. The first-order valence-electron chi connectivity index (χ1n) is 4.93. The monoisotopic (exact) mass is 250 g/mol. The fraction of sp³-hybridized carbons (Fsp3) is 0.182. The van der Waals surface area contributed by atoms with Crippen LogP contribution in [-0.4, -0.2) is 22.1 Å². The van der Waals surface area contributed by atoms with Gasteiger partial charge in [-0.15, -0.1) is 0 Å². The zero-order valence-corrected chi connectivity index (χ0v) is 9.98. The van der Waals surface area contributed by atoms with E-state index in [1.54, 1.807) is 31.5 Å². The highest BCUT2D eigenvalue weighted by Crippen LogP contribution is 2.16. The fourth-order valence-electron chi connectivity index (χ4n) is 1.36. The largest absolute Gasteiger partial charge is 0.384 e. The van der Waals surface area contributed by atoms with Crippen molar-refractivity contribution in [2.75, 3.05) is 12.8 Å². The van der Waals surface area contributed by atoms with Gasteiger partial charge in [0.1, 0.15) is 11.5 Å². The number of pyridine rings is 1. The number of nitrogen functional groups attached to an aromatic ring is 1. The van der Waals surface area contributed by atoms with Crippen LogP contribution in [-0.2, 0) is 11.3 Å². The molecule has 2 heterocycles. The van der Waals surface area contributed by atoms with Crippen LogP contribution in [0, 0.1) is 0 Å². The zero-order chi connectivity index (χ0) is 12.3. The van der Waals surface area contributed by atoms with Crippen LogP contribution in [0.15, 0.2) is 24.4 Å². The fourth-order valence-corrected chi connectivity index (χ4v) is 1.47. The number of ether oxygens (including phenoxy) is 1. The summed E-state index contributed by atoms with van der Waals surface area (Å²) in [6.45, 7) is 0.382. The van der Waals surface area contributed by atoms with Crippen LogP contribution >= 0.6 is 11.6 Å². The molecule has 5 nitrogen and oxygen atoms in total. The predicted molar refractivity (Wildman–Crippen MR) is 65.4 cm³/mol. The quantitative estimate of drug-likeness (QED) is 0.901. The van der Waals surface area contributed by atoms with Crippen LogP contribution in [0.3, 0.4) is 0 Å². The molecule has 0 radical (unpaired) electrons. The molecule has 2 rings (SSSR count). The van der Waals surface area contributed by atoms with Crippen molar-refractivity contribution in [3.05, 3.63) is 35.1 Å². The van der Waals surface area contributed by atoms with Crippen molar-refractivity contribution in [3.8, 4) is 11.5 Å². The van der Waals surface area contributed by atoms with E-state index in [1.165, 1.54) is 0 Å². The summed E-state index contributed by atoms with van der Waals surface area (Å²) >= 11 is 5.76. The van der Waals surface area contributed by atoms with Gasteiger partial charge in [0.2, 0.25) is 0 Å². The highest BCUT2D eigenvalue weighted by molar-refractivity contribution is 6.30. The van der Waals surface area contributed by atoms with E-state index in [-0.39, 0.29) is 0 Å². The molecule has 88 valence electrons. The van der Waals surface area contributed by atoms with E-state index in [2.05, 4.69) is 15.0 Å². The van der Waals surface area contributed by atoms with Gasteiger partial charge in [0, 0.05) is 19.4 Å². The van der Waals surface area contributed by atoms with Crippen LogP contribution in [0.1, 0.15) is 5.69 Å². The lowest BCUT2D eigenvalue weighted by atomic mass is 10.3. The van der Waals surface area contributed by atoms with E-state index in [4.69, 9.17) is 22.1 Å². The summed E-state index contributed by atoms with van der Waals surface area (Å²) in [4.78, 5) is 12.6. The Morgan fingerprint density at radius 2 is 2.18 bits per heavy atom. The van der Waals surface area contributed by atoms with Gasteiger partial charge in [-0.05, 0) is 12.1 Å². The van der Waals surface area contributed by atoms with Crippen LogP contribution in [0.2, 0.25) is 5.02 Å². The number of anilines is 1. The summed E-state index contributed by atoms with van der Waals surface area (Å²) < 4.78 is 5.01. The molecule has 2 aromatic heterocycles. The predicted octanol–water partition coefficient (Wildman–Crippen LogP) is 1.92. The van der Waals surface area contributed by atoms with E-state index in [0.29, 0.717) is 34.7 Å². The summed E-state index contributed by atoms with van der Waals surface area (Å²) in [5, 5.41) is 0.565. The third-order valence-electron chi connectivity index (χ3n) is 2.05. The van der Waals surface area contributed by atoms with Crippen LogP contribution in [0.4, 0.5) is 5.82 Å². The van der Waals surface area contributed by atoms with Gasteiger partial charge in [0.15, 0.2) is 5.82 Å². The Bertz CT molecular complexity index is 515. The van der Waals surface area contributed by atoms with E-state index < -0.39 is 0 Å². The van der Waals surface area contributed by atoms with E-state index in [9.17, 15) is 0 Å². The van der Waals surface area contributed by atoms with Crippen LogP contribution in [0.5, 0.6) is 0 Å². The van der Waals surface area contributed by atoms with Crippen molar-refractivity contribution in [1.29, 1.82) is 0 Å². The summed E-state index contributed by atoms with van der Waals surface area (Å²) in [6.07, 6.45) is 1.54. The summed E-state index contributed by atoms with van der Waals surface area (Å²) in [7, 11) is 1.60. The van der Waals surface area contributed by atoms with Gasteiger partial charge < -0.3 is 10.5 Å². The molecule has 0 aliphatic rings. The molecule has 0 aliphatic heterocycles. The Kier molecular flexibility index (Phi) is 3.51. The number of halogens is 1. The highest BCUT2D eigenvalue weighted by atomic mass is 35.5. The molecule has 2 aromatic rings. The Labute approximate surface area is 104 Å². The second-order valence-corrected chi connectivity index (χ2v) is 3.84. The normalized spacial score (nSPS) is 10.5. The minimum atomic E-state index is 0.382. The van der Waals surface area contributed by atoms with Crippen molar-refractivity contribution >= 4 is 17.4 Å². The minimum absolute atomic E-state index is 0.382. The van der Waals surface area contributed by atoms with E-state index >= 15 is 0 Å². The Morgan fingerprint density at radius 1 is 1.35 bits per heavy atom. The summed E-state index contributed by atoms with van der Waals surface area (Å²) in [6, 6.07) is 5.14. The topological polar surface area (TPSA) is 73.9 Å². The van der Waals surface area contributed by atoms with E-state index in [1.807, 2.05) is 0 Å². The molecule has 0 atom stereocenters. The van der Waals surface area contributed by atoms with Gasteiger partial charge in [-0.2, -0.15) is 0 Å². The molecule has 0 bridgehead atoms. The van der Waals surface area contributed by atoms with Gasteiger partial charge in [-0.3, -0.25) is 4.98 Å². The molecule has 0 amide bonds. The lowest BCUT2D eigenvalue weighted by Gasteiger charge is -2.04. The number of rotatable bonds is 3. The minimum Gasteiger partial charge on any atom is -0.384 e. The van der Waals surface area contributed by atoms with Gasteiger partial charge in [0.05, 0.1) is 17.3 Å². The maximum atomic E-state index is 5.76. The lowest BCUT2D eigenvalue weighted by Crippen LogP contribution is -2.02. The molecule has 0 aliphatic carbocycles. The van der Waals surface area contributed by atoms with Gasteiger partial charge >= 0.3 is 0 Å². The van der Waals surface area contributed by atoms with Gasteiger partial charge in [0.25, 0.3) is 0 Å². The number of hydrogen-bond donors (Lipinski definition) is 1. The van der Waals surface area contributed by atoms with Crippen molar-refractivity contribution in [1.82, 2.24) is 15.0 Å². The second-order valence-electron chi connectivity index (χ2n) is 3.40. The average Bonchev–Trinajstić information content (AvgIpc) is 2.29. The average molecular weight is 251 g/mol. The summed E-state index contributed by atoms with van der Waals surface area (Å²) in [5.41, 5.74) is 7.04. The number of nitrogens with zero attached hydrogens (tertiary/aromatic N) is 3. The number of methoxy groups -OCH3 is 1. The first kappa shape index (κ1) is 11.8. The van der Waals surface area contributed by atoms with Crippen molar-refractivity contribution in [2.24, 2.45) is 0 Å². The molecule has 2 N–H and O–H groups in total. The molecule has 0 saturated carbocycles. The van der Waals surface area contributed by atoms with E-state index in [0.717, 1.165) is 0 Å². The first-order chi connectivity index (χ1) is 8.19. The molecule has 6 heteroatoms. The van der Waals surface area contributed by atoms with Crippen molar-refractivity contribution in [2.45, 2.75) is 6.61 Å². The Hall–Kier alpha value is -1.72.